The summed E-state index contributed by atoms with van der Waals surface area (Å²) < 4.78 is 57.6. The second kappa shape index (κ2) is 63.7. The third-order valence-corrected chi connectivity index (χ3v) is 26.4. The molecule has 19 rings (SSSR count). The van der Waals surface area contributed by atoms with E-state index in [9.17, 15) is 21.6 Å². The van der Waals surface area contributed by atoms with Crippen LogP contribution >= 0.6 is 23.2 Å². The number of carbonyl (C=O) groups is 1. The maximum Gasteiger partial charge on any atom is 0.410 e. The summed E-state index contributed by atoms with van der Waals surface area (Å²) in [6.07, 6.45) is 9.40. The summed E-state index contributed by atoms with van der Waals surface area (Å²) in [6, 6.07) is 160. The Morgan fingerprint density at radius 1 is 0.368 bits per heavy atom. The molecule has 4 aliphatic rings. The monoisotopic (exact) mass is 1990 g/mol. The molecule has 15 aromatic rings. The summed E-state index contributed by atoms with van der Waals surface area (Å²) >= 11 is 12.0. The van der Waals surface area contributed by atoms with Gasteiger partial charge in [-0.1, -0.05) is 338 Å². The molecule has 18 heteroatoms. The van der Waals surface area contributed by atoms with Crippen LogP contribution in [0.5, 0.6) is 0 Å². The van der Waals surface area contributed by atoms with E-state index in [0.717, 1.165) is 68.7 Å². The van der Waals surface area contributed by atoms with Crippen LogP contribution in [0.2, 0.25) is 10.0 Å². The van der Waals surface area contributed by atoms with Crippen LogP contribution in [0.3, 0.4) is 0 Å². The van der Waals surface area contributed by atoms with E-state index >= 15 is 0 Å². The van der Waals surface area contributed by atoms with Crippen LogP contribution in [0.15, 0.2) is 455 Å². The van der Waals surface area contributed by atoms with Crippen molar-refractivity contribution in [1.82, 2.24) is 28.6 Å². The van der Waals surface area contributed by atoms with Crippen molar-refractivity contribution in [2.45, 2.75) is 88.6 Å². The van der Waals surface area contributed by atoms with Gasteiger partial charge in [0.05, 0.1) is 12.5 Å². The largest absolute Gasteiger partial charge is 0.445 e. The number of nitrogens with one attached hydrogen (secondary N) is 1. The summed E-state index contributed by atoms with van der Waals surface area (Å²) in [5.41, 5.74) is 12.5. The molecule has 4 saturated heterocycles. The van der Waals surface area contributed by atoms with Gasteiger partial charge in [0.15, 0.2) is 0 Å². The molecule has 710 valence electrons. The first-order valence-electron chi connectivity index (χ1n) is 46.0. The number of carbonyl (C=O) groups excluding carboxylic acids is 1. The zero-order valence-electron chi connectivity index (χ0n) is 78.6. The Bertz CT molecular complexity index is 5130. The van der Waals surface area contributed by atoms with Crippen LogP contribution < -0.4 is 10.5 Å². The van der Waals surface area contributed by atoms with Gasteiger partial charge in [-0.15, -0.1) is 0 Å². The van der Waals surface area contributed by atoms with Crippen LogP contribution in [0.1, 0.15) is 50.7 Å². The fourth-order valence-electron chi connectivity index (χ4n) is 15.7. The molecule has 0 radical (unpaired) electrons. The number of benzene rings is 15. The van der Waals surface area contributed by atoms with Gasteiger partial charge in [0, 0.05) is 116 Å². The molecule has 4 fully saturated rings. The number of piperidine rings is 2. The van der Waals surface area contributed by atoms with E-state index in [2.05, 4.69) is 264 Å². The number of ether oxygens (including phenoxy) is 1. The topological polar surface area (TPSA) is 123 Å². The maximum absolute atomic E-state index is 12.4. The smallest absolute Gasteiger partial charge is 0.410 e. The van der Waals surface area contributed by atoms with Crippen molar-refractivity contribution >= 4 is 64.8 Å². The molecule has 4 aliphatic heterocycles. The van der Waals surface area contributed by atoms with Gasteiger partial charge >= 0.3 is 6.09 Å². The Labute approximate surface area is 838 Å². The average Bonchev–Trinajstić information content (AvgIpc) is 0.790. The second-order valence-electron chi connectivity index (χ2n) is 32.7. The molecule has 0 unspecified atom stereocenters. The summed E-state index contributed by atoms with van der Waals surface area (Å²) in [5.74, 6) is 0. The molecule has 0 aliphatic carbocycles. The first-order valence-corrected chi connectivity index (χ1v) is 51.5. The number of sulfonamides is 2. The van der Waals surface area contributed by atoms with Gasteiger partial charge in [-0.25, -0.2) is 21.6 Å². The normalized spacial score (nSPS) is 15.9. The Morgan fingerprint density at radius 3 is 0.809 bits per heavy atom. The molecule has 0 bridgehead atoms. The Kier molecular flexibility index (Phi) is 51.4. The number of hydrogen-bond donors (Lipinski definition) is 1. The van der Waals surface area contributed by atoms with Gasteiger partial charge in [-0.2, -0.15) is 154 Å². The molecule has 1 N–H and O–H groups in total. The van der Waals surface area contributed by atoms with Crippen molar-refractivity contribution in [3.63, 3.8) is 0 Å². The number of nitrogens with zero attached hydrogens (tertiary/aromatic N) is 5. The fourth-order valence-corrected chi connectivity index (χ4v) is 18.7. The van der Waals surface area contributed by atoms with Gasteiger partial charge in [0.1, 0.15) is 6.61 Å². The number of amides is 1. The third-order valence-electron chi connectivity index (χ3n) is 22.5. The number of rotatable bonds is 14. The molecular formula is C118H128Cl2N6O6PdS2Si-4. The van der Waals surface area contributed by atoms with Crippen molar-refractivity contribution in [3.05, 3.63) is 501 Å². The molecule has 1 amide bonds. The van der Waals surface area contributed by atoms with Gasteiger partial charge in [0.2, 0.25) is 20.0 Å². The zero-order valence-corrected chi connectivity index (χ0v) is 85.3. The molecule has 0 spiro atoms. The molecule has 12 nitrogen and oxygen atoms in total. The molecular weight excluding hydrogens is 1870 g/mol. The number of piperazine rings is 2. The Hall–Kier alpha value is -11.5. The first kappa shape index (κ1) is 110. The van der Waals surface area contributed by atoms with E-state index in [1.807, 2.05) is 238 Å². The van der Waals surface area contributed by atoms with E-state index in [-0.39, 0.29) is 57.3 Å². The molecule has 0 aromatic heterocycles. The van der Waals surface area contributed by atoms with Crippen molar-refractivity contribution in [2.24, 2.45) is 0 Å². The third kappa shape index (κ3) is 42.4. The predicted molar refractivity (Wildman–Crippen MR) is 570 cm³/mol. The quantitative estimate of drug-likeness (QED) is 0.0644. The van der Waals surface area contributed by atoms with Gasteiger partial charge in [0.25, 0.3) is 0 Å². The van der Waals surface area contributed by atoms with Crippen LogP contribution in [0.4, 0.5) is 4.79 Å². The van der Waals surface area contributed by atoms with Gasteiger partial charge in [-0.3, -0.25) is 9.80 Å². The summed E-state index contributed by atoms with van der Waals surface area (Å²) in [5, 5.41) is 6.30. The van der Waals surface area contributed by atoms with Crippen molar-refractivity contribution in [2.75, 3.05) is 71.5 Å². The average molecular weight is 2000 g/mol. The molecule has 4 atom stereocenters. The summed E-state index contributed by atoms with van der Waals surface area (Å²) in [4.78, 5) is 18.9. The molecule has 136 heavy (non-hydrogen) atoms. The minimum atomic E-state index is -3.28. The van der Waals surface area contributed by atoms with Crippen molar-refractivity contribution < 1.29 is 46.8 Å². The Morgan fingerprint density at radius 2 is 0.603 bits per heavy atom. The van der Waals surface area contributed by atoms with Crippen LogP contribution in [-0.4, -0.2) is 164 Å². The van der Waals surface area contributed by atoms with E-state index in [0.29, 0.717) is 49.8 Å². The standard InChI is InChI=1S/C22H32ClN3O4S.C18H28ClN3O2S.4C12H10.C6H8Si.4C6H5.Pd/c1-4-13-30-22(27)24-11-9-20(10-12-24)25-15-17(2)26(31(3,28)29)16-21(25)14-18-5-7-19(23)8-6-18;1-14-12-21(17-7-9-20-10-8-17)18(13-22(14)25(2,23)24)11-15-3-5-16(19)6-4-15;4*1-3-7-11(8-4-1)12-9-5-2-6-10-12;7-6-4-2-1-3-5-6;4*1-2-4-6-5-3-1;/h4-8,17,20-21H,1,9-16H2,2-3H3;3-6,14,17-18,20H,7-13H2,1-2H3;4*1-10H;1-5H,7H3;4*1-5H;/q;;;;;;;4*-1;/t17-,21-;14-,18-;;;;;;;;;;/m00........../s1. The predicted octanol–water partition coefficient (Wildman–Crippen LogP) is 24.0. The zero-order chi connectivity index (χ0) is 95.6. The van der Waals surface area contributed by atoms with E-state index in [1.165, 1.54) is 78.0 Å². The van der Waals surface area contributed by atoms with Gasteiger partial charge in [-0.05, 0) is 145 Å². The summed E-state index contributed by atoms with van der Waals surface area (Å²) in [6.45, 7) is 13.6. The van der Waals surface area contributed by atoms with E-state index < -0.39 is 20.0 Å². The van der Waals surface area contributed by atoms with E-state index in [1.54, 1.807) is 19.6 Å². The SMILES string of the molecule is C=CCOC(=O)N1CCC(N2C[C@H](C)N(S(C)(=O)=O)C[C@@H]2Cc2ccc(Cl)cc2)CC1.C[C@H]1CN(C2CCNCC2)[C@@H](Cc2ccc(Cl)cc2)CN1S(C)(=O)=O.[Pd].[SiH3]c1ccccc1.[c-]1ccccc1.[c-]1ccccc1.[c-]1ccccc1.[c-]1ccccc1.c1ccc(-c2ccccc2)cc1.c1ccc(-c2ccccc2)cc1.c1ccc(-c2ccccc2)cc1.c1ccc(-c2ccccc2)cc1. The number of halogens is 2. The minimum absolute atomic E-state index is 0. The molecule has 0 saturated carbocycles. The van der Waals surface area contributed by atoms with Crippen molar-refractivity contribution in [3.8, 4) is 44.5 Å². The van der Waals surface area contributed by atoms with Crippen molar-refractivity contribution in [1.29, 1.82) is 0 Å². The van der Waals surface area contributed by atoms with E-state index in [4.69, 9.17) is 27.9 Å². The minimum Gasteiger partial charge on any atom is -0.445 e. The summed E-state index contributed by atoms with van der Waals surface area (Å²) in [7, 11) is -5.30. The van der Waals surface area contributed by atoms with Crippen LogP contribution in [0, 0.1) is 24.3 Å². The van der Waals surface area contributed by atoms with Crippen LogP contribution in [-0.2, 0) is 58.0 Å². The molecule has 15 aromatic carbocycles. The maximum atomic E-state index is 12.4. The first-order chi connectivity index (χ1) is 65.8. The number of hydrogen-bond acceptors (Lipinski definition) is 9. The second-order valence-corrected chi connectivity index (χ2v) is 38.6. The number of likely N-dealkylation sites (tertiary alicyclic amines) is 1. The van der Waals surface area contributed by atoms with Gasteiger partial charge < -0.3 is 15.0 Å². The van der Waals surface area contributed by atoms with Crippen LogP contribution in [0.25, 0.3) is 44.5 Å². The molecule has 4 heterocycles. The fraction of sp³-hybridized carbons (Fsp3) is 0.212. The Balaban J connectivity index is 0.000000193.